The van der Waals surface area contributed by atoms with E-state index < -0.39 is 0 Å². The van der Waals surface area contributed by atoms with Gasteiger partial charge < -0.3 is 14.6 Å². The zero-order valence-electron chi connectivity index (χ0n) is 14.3. The van der Waals surface area contributed by atoms with Crippen LogP contribution in [0.2, 0.25) is 5.02 Å². The van der Waals surface area contributed by atoms with Gasteiger partial charge in [0.05, 0.1) is 18.0 Å². The molecule has 1 aliphatic heterocycles. The number of thioether (sulfide) groups is 1. The van der Waals surface area contributed by atoms with Crippen LogP contribution in [0.3, 0.4) is 0 Å². The summed E-state index contributed by atoms with van der Waals surface area (Å²) in [6.45, 7) is 2.77. The summed E-state index contributed by atoms with van der Waals surface area (Å²) >= 11 is 7.44. The minimum Gasteiger partial charge on any atom is -0.495 e. The highest BCUT2D eigenvalue weighted by molar-refractivity contribution is 8.00. The summed E-state index contributed by atoms with van der Waals surface area (Å²) in [6.07, 6.45) is 4.43. The quantitative estimate of drug-likeness (QED) is 0.799. The maximum atomic E-state index is 12.6. The van der Waals surface area contributed by atoms with Crippen molar-refractivity contribution in [3.05, 3.63) is 29.0 Å². The van der Waals surface area contributed by atoms with Crippen molar-refractivity contribution >= 4 is 35.0 Å². The zero-order chi connectivity index (χ0) is 17.8. The zero-order valence-corrected chi connectivity index (χ0v) is 15.9. The van der Waals surface area contributed by atoms with E-state index in [2.05, 4.69) is 20.1 Å². The van der Waals surface area contributed by atoms with Crippen molar-refractivity contribution in [3.8, 4) is 5.75 Å². The van der Waals surface area contributed by atoms with Crippen molar-refractivity contribution in [1.29, 1.82) is 0 Å². The lowest BCUT2D eigenvalue weighted by atomic mass is 10.2. The van der Waals surface area contributed by atoms with Crippen molar-refractivity contribution in [2.75, 3.05) is 12.4 Å². The van der Waals surface area contributed by atoms with Gasteiger partial charge in [0.15, 0.2) is 5.16 Å². The van der Waals surface area contributed by atoms with E-state index in [1.165, 1.54) is 18.2 Å². The van der Waals surface area contributed by atoms with Crippen LogP contribution in [0.1, 0.15) is 32.0 Å². The average molecular weight is 381 g/mol. The number of carbonyl (C=O) groups is 1. The summed E-state index contributed by atoms with van der Waals surface area (Å²) in [6, 6.07) is 5.13. The van der Waals surface area contributed by atoms with Crippen LogP contribution in [0.15, 0.2) is 23.4 Å². The van der Waals surface area contributed by atoms with Gasteiger partial charge in [-0.05, 0) is 38.0 Å². The highest BCUT2D eigenvalue weighted by Crippen LogP contribution is 2.30. The topological polar surface area (TPSA) is 69.0 Å². The second kappa shape index (κ2) is 8.10. The number of hydrogen-bond donors (Lipinski definition) is 1. The Morgan fingerprint density at radius 1 is 1.36 bits per heavy atom. The third kappa shape index (κ3) is 4.27. The molecule has 0 radical (unpaired) electrons. The summed E-state index contributed by atoms with van der Waals surface area (Å²) in [5.74, 6) is 1.46. The summed E-state index contributed by atoms with van der Waals surface area (Å²) < 4.78 is 7.41. The lowest BCUT2D eigenvalue weighted by molar-refractivity contribution is -0.115. The molecule has 1 aromatic carbocycles. The Hall–Kier alpha value is -1.73. The highest BCUT2D eigenvalue weighted by Gasteiger charge is 2.22. The number of hydrogen-bond acceptors (Lipinski definition) is 5. The maximum Gasteiger partial charge on any atom is 0.237 e. The van der Waals surface area contributed by atoms with Crippen LogP contribution in [0, 0.1) is 0 Å². The number of amides is 1. The first-order chi connectivity index (χ1) is 12.1. The first-order valence-electron chi connectivity index (χ1n) is 8.31. The van der Waals surface area contributed by atoms with Crippen LogP contribution in [0.25, 0.3) is 0 Å². The molecule has 1 aromatic heterocycles. The number of fused-ring (bicyclic) bond motifs is 1. The van der Waals surface area contributed by atoms with Gasteiger partial charge in [0.25, 0.3) is 0 Å². The van der Waals surface area contributed by atoms with Gasteiger partial charge in [-0.1, -0.05) is 29.8 Å². The number of nitrogens with zero attached hydrogens (tertiary/aromatic N) is 3. The molecule has 0 fully saturated rings. The molecule has 3 rings (SSSR count). The minimum absolute atomic E-state index is 0.128. The predicted molar refractivity (Wildman–Crippen MR) is 99.5 cm³/mol. The molecule has 2 aromatic rings. The fourth-order valence-electron chi connectivity index (χ4n) is 2.77. The number of halogens is 1. The first-order valence-corrected chi connectivity index (χ1v) is 9.57. The van der Waals surface area contributed by atoms with Crippen LogP contribution in [0.5, 0.6) is 5.75 Å². The summed E-state index contributed by atoms with van der Waals surface area (Å²) in [5.41, 5.74) is 0.563. The molecular formula is C17H21ClN4O2S. The Labute approximate surface area is 156 Å². The molecule has 25 heavy (non-hydrogen) atoms. The number of anilines is 1. The van der Waals surface area contributed by atoms with Gasteiger partial charge in [-0.2, -0.15) is 0 Å². The lowest BCUT2D eigenvalue weighted by Gasteiger charge is -2.14. The van der Waals surface area contributed by atoms with Gasteiger partial charge in [-0.25, -0.2) is 0 Å². The molecule has 0 bridgehead atoms. The number of aryl methyl sites for hydroxylation is 1. The minimum atomic E-state index is -0.319. The van der Waals surface area contributed by atoms with Crippen molar-refractivity contribution in [2.24, 2.45) is 0 Å². The maximum absolute atomic E-state index is 12.6. The van der Waals surface area contributed by atoms with E-state index in [4.69, 9.17) is 16.3 Å². The summed E-state index contributed by atoms with van der Waals surface area (Å²) in [5, 5.41) is 12.4. The molecule has 0 saturated carbocycles. The Kier molecular flexibility index (Phi) is 5.86. The fraction of sp³-hybridized carbons (Fsp3) is 0.471. The van der Waals surface area contributed by atoms with E-state index in [0.717, 1.165) is 36.8 Å². The van der Waals surface area contributed by atoms with Crippen LogP contribution in [0.4, 0.5) is 5.69 Å². The molecule has 0 unspecified atom stereocenters. The van der Waals surface area contributed by atoms with Gasteiger partial charge in [0.2, 0.25) is 5.91 Å². The molecule has 134 valence electrons. The third-order valence-electron chi connectivity index (χ3n) is 4.15. The smallest absolute Gasteiger partial charge is 0.237 e. The highest BCUT2D eigenvalue weighted by atomic mass is 35.5. The molecule has 0 saturated heterocycles. The number of nitrogens with one attached hydrogen (secondary N) is 1. The van der Waals surface area contributed by atoms with Crippen molar-refractivity contribution in [2.45, 2.75) is 49.6 Å². The van der Waals surface area contributed by atoms with E-state index in [1.807, 2.05) is 6.92 Å². The second-order valence-corrected chi connectivity index (χ2v) is 7.70. The first kappa shape index (κ1) is 18.1. The van der Waals surface area contributed by atoms with E-state index in [-0.39, 0.29) is 11.2 Å². The summed E-state index contributed by atoms with van der Waals surface area (Å²) in [7, 11) is 1.56. The molecule has 1 aliphatic rings. The van der Waals surface area contributed by atoms with E-state index in [1.54, 1.807) is 25.3 Å². The van der Waals surface area contributed by atoms with Crippen LogP contribution >= 0.6 is 23.4 Å². The Morgan fingerprint density at radius 2 is 2.20 bits per heavy atom. The van der Waals surface area contributed by atoms with Gasteiger partial charge in [-0.3, -0.25) is 4.79 Å². The van der Waals surface area contributed by atoms with Gasteiger partial charge in [0.1, 0.15) is 11.6 Å². The number of rotatable bonds is 5. The Morgan fingerprint density at radius 3 is 3.00 bits per heavy atom. The molecule has 8 heteroatoms. The number of ether oxygens (including phenoxy) is 1. The van der Waals surface area contributed by atoms with Crippen molar-refractivity contribution in [1.82, 2.24) is 14.8 Å². The fourth-order valence-corrected chi connectivity index (χ4v) is 3.84. The predicted octanol–water partition coefficient (Wildman–Crippen LogP) is 3.79. The van der Waals surface area contributed by atoms with E-state index >= 15 is 0 Å². The molecule has 0 aliphatic carbocycles. The van der Waals surface area contributed by atoms with E-state index in [0.29, 0.717) is 16.5 Å². The number of methoxy groups -OCH3 is 1. The van der Waals surface area contributed by atoms with Crippen LogP contribution in [-0.4, -0.2) is 33.0 Å². The third-order valence-corrected chi connectivity index (χ3v) is 5.46. The normalized spacial score (nSPS) is 15.2. The largest absolute Gasteiger partial charge is 0.495 e. The van der Waals surface area contributed by atoms with Gasteiger partial charge in [0, 0.05) is 18.0 Å². The number of benzene rings is 1. The van der Waals surface area contributed by atoms with E-state index in [9.17, 15) is 4.79 Å². The second-order valence-electron chi connectivity index (χ2n) is 5.96. The van der Waals surface area contributed by atoms with Gasteiger partial charge in [-0.15, -0.1) is 10.2 Å². The van der Waals surface area contributed by atoms with Crippen LogP contribution < -0.4 is 10.1 Å². The number of aromatic nitrogens is 3. The average Bonchev–Trinajstić information content (AvgIpc) is 2.81. The lowest BCUT2D eigenvalue weighted by Crippen LogP contribution is -2.23. The SMILES string of the molecule is COc1ccc(Cl)cc1NC(=O)[C@@H](C)Sc1nnc2n1CCCCC2. The molecular weight excluding hydrogens is 360 g/mol. The monoisotopic (exact) mass is 380 g/mol. The molecule has 1 N–H and O–H groups in total. The number of carbonyl (C=O) groups excluding carboxylic acids is 1. The Bertz CT molecular complexity index is 765. The summed E-state index contributed by atoms with van der Waals surface area (Å²) in [4.78, 5) is 12.6. The molecule has 1 amide bonds. The Balaban J connectivity index is 1.69. The molecule has 1 atom stereocenters. The molecule has 0 spiro atoms. The van der Waals surface area contributed by atoms with Crippen LogP contribution in [-0.2, 0) is 17.8 Å². The molecule has 6 nitrogen and oxygen atoms in total. The molecule has 2 heterocycles. The standard InChI is InChI=1S/C17H21ClN4O2S/c1-11(16(23)19-13-10-12(18)7-8-14(13)24-2)25-17-21-20-15-6-4-3-5-9-22(15)17/h7-8,10-11H,3-6,9H2,1-2H3,(H,19,23)/t11-/m1/s1. The van der Waals surface area contributed by atoms with Crippen molar-refractivity contribution < 1.29 is 9.53 Å². The van der Waals surface area contributed by atoms with Crippen molar-refractivity contribution in [3.63, 3.8) is 0 Å². The van der Waals surface area contributed by atoms with Gasteiger partial charge >= 0.3 is 0 Å².